The minimum absolute atomic E-state index is 0.161. The molecule has 5 nitrogen and oxygen atoms in total. The molecule has 0 aromatic heterocycles. The highest BCUT2D eigenvalue weighted by atomic mass is 16.5. The van der Waals surface area contributed by atoms with Gasteiger partial charge in [0.05, 0.1) is 12.7 Å². The second-order valence-corrected chi connectivity index (χ2v) is 5.80. The van der Waals surface area contributed by atoms with Crippen molar-refractivity contribution in [2.75, 3.05) is 25.1 Å². The summed E-state index contributed by atoms with van der Waals surface area (Å²) in [6.45, 7) is 9.03. The molecule has 3 N–H and O–H groups in total. The second kappa shape index (κ2) is 8.64. The molecule has 1 atom stereocenters. The van der Waals surface area contributed by atoms with Crippen LogP contribution in [0, 0.1) is 19.8 Å². The van der Waals surface area contributed by atoms with E-state index in [1.165, 1.54) is 0 Å². The van der Waals surface area contributed by atoms with E-state index in [9.17, 15) is 9.90 Å². The van der Waals surface area contributed by atoms with E-state index in [0.29, 0.717) is 12.5 Å². The smallest absolute Gasteiger partial charge is 0.319 e. The minimum Gasteiger partial charge on any atom is -0.389 e. The molecule has 0 saturated heterocycles. The minimum atomic E-state index is -0.700. The first-order chi connectivity index (χ1) is 9.86. The molecule has 0 fully saturated rings. The van der Waals surface area contributed by atoms with E-state index in [0.717, 1.165) is 16.8 Å². The third-order valence-corrected chi connectivity index (χ3v) is 2.74. The molecular formula is C16H26N2O3. The van der Waals surface area contributed by atoms with Gasteiger partial charge in [-0.15, -0.1) is 0 Å². The average molecular weight is 294 g/mol. The Morgan fingerprint density at radius 1 is 1.19 bits per heavy atom. The Morgan fingerprint density at radius 2 is 1.81 bits per heavy atom. The molecular weight excluding hydrogens is 268 g/mol. The van der Waals surface area contributed by atoms with Crippen molar-refractivity contribution in [1.82, 2.24) is 5.32 Å². The Hall–Kier alpha value is -1.59. The molecule has 118 valence electrons. The number of benzene rings is 1. The van der Waals surface area contributed by atoms with Crippen LogP contribution >= 0.6 is 0 Å². The number of aliphatic hydroxyl groups is 1. The predicted molar refractivity (Wildman–Crippen MR) is 84.6 cm³/mol. The van der Waals surface area contributed by atoms with Crippen LogP contribution in [0.1, 0.15) is 25.0 Å². The van der Waals surface area contributed by atoms with Gasteiger partial charge in [-0.05, 0) is 43.0 Å². The van der Waals surface area contributed by atoms with Gasteiger partial charge in [0.15, 0.2) is 0 Å². The van der Waals surface area contributed by atoms with Crippen LogP contribution in [0.2, 0.25) is 0 Å². The Kier molecular flexibility index (Phi) is 7.19. The summed E-state index contributed by atoms with van der Waals surface area (Å²) in [5.41, 5.74) is 2.93. The van der Waals surface area contributed by atoms with Crippen LogP contribution in [0.4, 0.5) is 10.5 Å². The monoisotopic (exact) mass is 294 g/mol. The molecule has 21 heavy (non-hydrogen) atoms. The van der Waals surface area contributed by atoms with Crippen molar-refractivity contribution in [3.05, 3.63) is 29.3 Å². The van der Waals surface area contributed by atoms with Gasteiger partial charge < -0.3 is 20.5 Å². The van der Waals surface area contributed by atoms with Gasteiger partial charge in [-0.1, -0.05) is 19.9 Å². The molecule has 1 unspecified atom stereocenters. The number of anilines is 1. The Labute approximate surface area is 126 Å². The Balaban J connectivity index is 2.30. The zero-order valence-electron chi connectivity index (χ0n) is 13.3. The van der Waals surface area contributed by atoms with Gasteiger partial charge in [-0.25, -0.2) is 4.79 Å². The molecule has 0 spiro atoms. The molecule has 2 amide bonds. The molecule has 0 aliphatic rings. The fraction of sp³-hybridized carbons (Fsp3) is 0.562. The highest BCUT2D eigenvalue weighted by Crippen LogP contribution is 2.13. The number of nitrogens with one attached hydrogen (secondary N) is 2. The maximum Gasteiger partial charge on any atom is 0.319 e. The zero-order chi connectivity index (χ0) is 15.8. The van der Waals surface area contributed by atoms with Gasteiger partial charge >= 0.3 is 6.03 Å². The van der Waals surface area contributed by atoms with E-state index >= 15 is 0 Å². The van der Waals surface area contributed by atoms with E-state index in [2.05, 4.69) is 10.6 Å². The quantitative estimate of drug-likeness (QED) is 0.723. The Morgan fingerprint density at radius 3 is 2.38 bits per heavy atom. The molecule has 1 aromatic rings. The summed E-state index contributed by atoms with van der Waals surface area (Å²) >= 11 is 0. The normalized spacial score (nSPS) is 12.3. The van der Waals surface area contributed by atoms with E-state index < -0.39 is 6.10 Å². The molecule has 0 heterocycles. The number of hydrogen-bond donors (Lipinski definition) is 3. The van der Waals surface area contributed by atoms with Gasteiger partial charge in [0.25, 0.3) is 0 Å². The summed E-state index contributed by atoms with van der Waals surface area (Å²) in [7, 11) is 0. The fourth-order valence-corrected chi connectivity index (χ4v) is 1.93. The second-order valence-electron chi connectivity index (χ2n) is 5.80. The van der Waals surface area contributed by atoms with Crippen molar-refractivity contribution < 1.29 is 14.6 Å². The van der Waals surface area contributed by atoms with Crippen LogP contribution in [0.15, 0.2) is 18.2 Å². The summed E-state index contributed by atoms with van der Waals surface area (Å²) < 4.78 is 5.32. The highest BCUT2D eigenvalue weighted by Gasteiger charge is 2.08. The number of amides is 2. The van der Waals surface area contributed by atoms with Crippen LogP contribution in [0.3, 0.4) is 0 Å². The number of hydrogen-bond acceptors (Lipinski definition) is 3. The third kappa shape index (κ3) is 7.68. The van der Waals surface area contributed by atoms with Gasteiger partial charge in [0.1, 0.15) is 0 Å². The predicted octanol–water partition coefficient (Wildman–Crippen LogP) is 2.46. The third-order valence-electron chi connectivity index (χ3n) is 2.74. The number of ether oxygens (including phenoxy) is 1. The summed E-state index contributed by atoms with van der Waals surface area (Å²) in [6.07, 6.45) is -0.700. The largest absolute Gasteiger partial charge is 0.389 e. The lowest BCUT2D eigenvalue weighted by Gasteiger charge is -2.14. The maximum absolute atomic E-state index is 11.7. The maximum atomic E-state index is 11.7. The SMILES string of the molecule is Cc1cc(C)cc(NC(=O)NCC(O)COCC(C)C)c1. The molecule has 1 aromatic carbocycles. The van der Waals surface area contributed by atoms with Gasteiger partial charge in [0.2, 0.25) is 0 Å². The number of aryl methyl sites for hydroxylation is 2. The Bertz CT molecular complexity index is 441. The van der Waals surface area contributed by atoms with Crippen molar-refractivity contribution in [3.8, 4) is 0 Å². The van der Waals surface area contributed by atoms with Crippen LogP contribution in [-0.4, -0.2) is 37.0 Å². The zero-order valence-corrected chi connectivity index (χ0v) is 13.3. The summed E-state index contributed by atoms with van der Waals surface area (Å²) in [5.74, 6) is 0.429. The number of rotatable bonds is 7. The number of urea groups is 1. The summed E-state index contributed by atoms with van der Waals surface area (Å²) in [6, 6.07) is 5.51. The van der Waals surface area contributed by atoms with Crippen LogP contribution < -0.4 is 10.6 Å². The molecule has 5 heteroatoms. The number of carbonyl (C=O) groups excluding carboxylic acids is 1. The van der Waals surface area contributed by atoms with Crippen LogP contribution in [0.25, 0.3) is 0 Å². The lowest BCUT2D eigenvalue weighted by atomic mass is 10.1. The molecule has 1 rings (SSSR count). The highest BCUT2D eigenvalue weighted by molar-refractivity contribution is 5.89. The number of aliphatic hydroxyl groups excluding tert-OH is 1. The van der Waals surface area contributed by atoms with E-state index in [1.54, 1.807) is 0 Å². The topological polar surface area (TPSA) is 70.6 Å². The van der Waals surface area contributed by atoms with Gasteiger partial charge in [0, 0.05) is 18.8 Å². The van der Waals surface area contributed by atoms with E-state index in [-0.39, 0.29) is 19.2 Å². The van der Waals surface area contributed by atoms with Crippen LogP contribution in [-0.2, 0) is 4.74 Å². The molecule has 0 bridgehead atoms. The van der Waals surface area contributed by atoms with Gasteiger partial charge in [-0.3, -0.25) is 0 Å². The summed E-state index contributed by atoms with van der Waals surface area (Å²) in [4.78, 5) is 11.7. The first-order valence-corrected chi connectivity index (χ1v) is 7.25. The summed E-state index contributed by atoms with van der Waals surface area (Å²) in [5, 5.41) is 15.1. The molecule has 0 radical (unpaired) electrons. The lowest BCUT2D eigenvalue weighted by molar-refractivity contribution is 0.0274. The standard InChI is InChI=1S/C16H26N2O3/c1-11(2)9-21-10-15(19)8-17-16(20)18-14-6-12(3)5-13(4)7-14/h5-7,11,15,19H,8-10H2,1-4H3,(H2,17,18,20). The van der Waals surface area contributed by atoms with E-state index in [1.807, 2.05) is 45.9 Å². The molecule has 0 saturated carbocycles. The molecule has 0 aliphatic heterocycles. The van der Waals surface area contributed by atoms with E-state index in [4.69, 9.17) is 4.74 Å². The first-order valence-electron chi connectivity index (χ1n) is 7.25. The van der Waals surface area contributed by atoms with Crippen molar-refractivity contribution >= 4 is 11.7 Å². The first kappa shape index (κ1) is 17.5. The number of carbonyl (C=O) groups is 1. The van der Waals surface area contributed by atoms with Crippen molar-refractivity contribution in [2.24, 2.45) is 5.92 Å². The van der Waals surface area contributed by atoms with Crippen molar-refractivity contribution in [1.29, 1.82) is 0 Å². The average Bonchev–Trinajstić information content (AvgIpc) is 2.34. The van der Waals surface area contributed by atoms with Crippen LogP contribution in [0.5, 0.6) is 0 Å². The molecule has 0 aliphatic carbocycles. The van der Waals surface area contributed by atoms with Crippen molar-refractivity contribution in [3.63, 3.8) is 0 Å². The lowest BCUT2D eigenvalue weighted by Crippen LogP contribution is -2.37. The van der Waals surface area contributed by atoms with Gasteiger partial charge in [-0.2, -0.15) is 0 Å². The van der Waals surface area contributed by atoms with Crippen molar-refractivity contribution in [2.45, 2.75) is 33.8 Å². The fourth-order valence-electron chi connectivity index (χ4n) is 1.93.